The molecule has 2 atom stereocenters. The molecular weight excluding hydrogens is 238 g/mol. The summed E-state index contributed by atoms with van der Waals surface area (Å²) < 4.78 is 11.9. The lowest BCUT2D eigenvalue weighted by Crippen LogP contribution is -2.54. The fourth-order valence-electron chi connectivity index (χ4n) is 3.63. The lowest BCUT2D eigenvalue weighted by atomic mass is 9.64. The second-order valence-corrected chi connectivity index (χ2v) is 6.52. The third-order valence-electron chi connectivity index (χ3n) is 4.63. The molecule has 0 amide bonds. The fourth-order valence-corrected chi connectivity index (χ4v) is 3.63. The van der Waals surface area contributed by atoms with Crippen molar-refractivity contribution in [3.8, 4) is 0 Å². The quantitative estimate of drug-likeness (QED) is 0.845. The van der Waals surface area contributed by atoms with Crippen LogP contribution in [0.3, 0.4) is 0 Å². The molecule has 1 saturated heterocycles. The first-order chi connectivity index (χ1) is 9.03. The Morgan fingerprint density at radius 1 is 1.11 bits per heavy atom. The Labute approximate surface area is 115 Å². The lowest BCUT2D eigenvalue weighted by Gasteiger charge is -2.49. The largest absolute Gasteiger partial charge is 0.347 e. The molecule has 1 heterocycles. The summed E-state index contributed by atoms with van der Waals surface area (Å²) in [5, 5.41) is 0. The molecule has 19 heavy (non-hydrogen) atoms. The van der Waals surface area contributed by atoms with Crippen LogP contribution < -0.4 is 5.73 Å². The molecule has 1 aromatic carbocycles. The molecule has 104 valence electrons. The van der Waals surface area contributed by atoms with Crippen LogP contribution in [0.2, 0.25) is 0 Å². The van der Waals surface area contributed by atoms with Crippen molar-refractivity contribution in [3.05, 3.63) is 35.9 Å². The molecule has 1 saturated carbocycles. The molecule has 2 aliphatic rings. The van der Waals surface area contributed by atoms with Crippen molar-refractivity contribution in [2.75, 3.05) is 13.2 Å². The van der Waals surface area contributed by atoms with Crippen molar-refractivity contribution in [2.24, 2.45) is 11.1 Å². The van der Waals surface area contributed by atoms with E-state index in [9.17, 15) is 0 Å². The van der Waals surface area contributed by atoms with Gasteiger partial charge in [-0.15, -0.1) is 0 Å². The monoisotopic (exact) mass is 261 g/mol. The Morgan fingerprint density at radius 2 is 1.74 bits per heavy atom. The van der Waals surface area contributed by atoms with Crippen molar-refractivity contribution < 1.29 is 9.47 Å². The van der Waals surface area contributed by atoms with Crippen LogP contribution >= 0.6 is 0 Å². The summed E-state index contributed by atoms with van der Waals surface area (Å²) in [5.41, 5.74) is 7.84. The molecule has 0 unspecified atom stereocenters. The van der Waals surface area contributed by atoms with Gasteiger partial charge in [0, 0.05) is 24.8 Å². The van der Waals surface area contributed by atoms with Crippen molar-refractivity contribution in [1.82, 2.24) is 0 Å². The predicted molar refractivity (Wildman–Crippen MR) is 74.8 cm³/mol. The predicted octanol–water partition coefficient (Wildman–Crippen LogP) is 2.66. The van der Waals surface area contributed by atoms with Gasteiger partial charge in [-0.25, -0.2) is 0 Å². The standard InChI is InChI=1S/C16H23NO2/c1-15(2)11-16(18-8-9-19-16)10-13(14(15)17)12-6-4-3-5-7-12/h3-7,13-14H,8-11,17H2,1-2H3/t13-,14-/m1/s1. The number of hydrogen-bond donors (Lipinski definition) is 1. The van der Waals surface area contributed by atoms with E-state index in [0.29, 0.717) is 19.1 Å². The molecule has 1 aromatic rings. The van der Waals surface area contributed by atoms with E-state index >= 15 is 0 Å². The zero-order chi connectivity index (χ0) is 13.5. The molecule has 3 heteroatoms. The van der Waals surface area contributed by atoms with Crippen LogP contribution in [0.1, 0.15) is 38.2 Å². The molecule has 1 aliphatic heterocycles. The Balaban J connectivity index is 1.94. The molecule has 1 spiro atoms. The van der Waals surface area contributed by atoms with Crippen LogP contribution in [-0.4, -0.2) is 25.0 Å². The lowest BCUT2D eigenvalue weighted by molar-refractivity contribution is -0.205. The molecule has 0 aromatic heterocycles. The Morgan fingerprint density at radius 3 is 2.37 bits per heavy atom. The Hall–Kier alpha value is -0.900. The van der Waals surface area contributed by atoms with Gasteiger partial charge in [-0.2, -0.15) is 0 Å². The van der Waals surface area contributed by atoms with Gasteiger partial charge in [0.15, 0.2) is 5.79 Å². The minimum absolute atomic E-state index is 0.0170. The highest BCUT2D eigenvalue weighted by Gasteiger charge is 2.52. The maximum Gasteiger partial charge on any atom is 0.169 e. The van der Waals surface area contributed by atoms with Gasteiger partial charge in [0.1, 0.15) is 0 Å². The first kappa shape index (κ1) is 13.1. The van der Waals surface area contributed by atoms with Crippen molar-refractivity contribution >= 4 is 0 Å². The smallest absolute Gasteiger partial charge is 0.169 e. The molecular formula is C16H23NO2. The van der Waals surface area contributed by atoms with E-state index in [0.717, 1.165) is 12.8 Å². The Kier molecular flexibility index (Phi) is 3.16. The van der Waals surface area contributed by atoms with Gasteiger partial charge < -0.3 is 15.2 Å². The molecule has 0 bridgehead atoms. The zero-order valence-corrected chi connectivity index (χ0v) is 11.8. The topological polar surface area (TPSA) is 44.5 Å². The SMILES string of the molecule is CC1(C)CC2(C[C@H](c3ccccc3)[C@H]1N)OCCO2. The summed E-state index contributed by atoms with van der Waals surface area (Å²) in [6, 6.07) is 10.7. The van der Waals surface area contributed by atoms with E-state index in [1.807, 2.05) is 6.07 Å². The molecule has 1 aliphatic carbocycles. The van der Waals surface area contributed by atoms with Gasteiger partial charge in [-0.1, -0.05) is 44.2 Å². The van der Waals surface area contributed by atoms with E-state index in [-0.39, 0.29) is 11.5 Å². The van der Waals surface area contributed by atoms with Crippen LogP contribution in [0.15, 0.2) is 30.3 Å². The summed E-state index contributed by atoms with van der Waals surface area (Å²) in [6.07, 6.45) is 1.74. The van der Waals surface area contributed by atoms with Gasteiger partial charge >= 0.3 is 0 Å². The second-order valence-electron chi connectivity index (χ2n) is 6.52. The van der Waals surface area contributed by atoms with Crippen molar-refractivity contribution in [3.63, 3.8) is 0 Å². The number of benzene rings is 1. The van der Waals surface area contributed by atoms with E-state index < -0.39 is 5.79 Å². The summed E-state index contributed by atoms with van der Waals surface area (Å²) >= 11 is 0. The third-order valence-corrected chi connectivity index (χ3v) is 4.63. The molecule has 2 fully saturated rings. The molecule has 3 rings (SSSR count). The highest BCUT2D eigenvalue weighted by atomic mass is 16.7. The van der Waals surface area contributed by atoms with Crippen LogP contribution in [0.25, 0.3) is 0 Å². The first-order valence-electron chi connectivity index (χ1n) is 7.11. The van der Waals surface area contributed by atoms with Gasteiger partial charge in [0.25, 0.3) is 0 Å². The number of nitrogens with two attached hydrogens (primary N) is 1. The summed E-state index contributed by atoms with van der Waals surface area (Å²) in [7, 11) is 0. The minimum atomic E-state index is -0.417. The van der Waals surface area contributed by atoms with Crippen LogP contribution in [-0.2, 0) is 9.47 Å². The maximum atomic E-state index is 6.53. The third kappa shape index (κ3) is 2.31. The maximum absolute atomic E-state index is 6.53. The van der Waals surface area contributed by atoms with Gasteiger partial charge in [0.05, 0.1) is 13.2 Å². The number of rotatable bonds is 1. The van der Waals surface area contributed by atoms with E-state index in [1.54, 1.807) is 0 Å². The fraction of sp³-hybridized carbons (Fsp3) is 0.625. The Bertz CT molecular complexity index is 437. The number of hydrogen-bond acceptors (Lipinski definition) is 3. The van der Waals surface area contributed by atoms with Gasteiger partial charge in [0.2, 0.25) is 0 Å². The first-order valence-corrected chi connectivity index (χ1v) is 7.11. The summed E-state index contributed by atoms with van der Waals surface area (Å²) in [5.74, 6) is -0.122. The van der Waals surface area contributed by atoms with Gasteiger partial charge in [-0.3, -0.25) is 0 Å². The average molecular weight is 261 g/mol. The van der Waals surface area contributed by atoms with Crippen molar-refractivity contribution in [1.29, 1.82) is 0 Å². The second kappa shape index (κ2) is 4.58. The van der Waals surface area contributed by atoms with E-state index in [2.05, 4.69) is 38.1 Å². The van der Waals surface area contributed by atoms with Crippen LogP contribution in [0.5, 0.6) is 0 Å². The minimum Gasteiger partial charge on any atom is -0.347 e. The molecule has 0 radical (unpaired) electrons. The normalized spacial score (nSPS) is 32.6. The highest BCUT2D eigenvalue weighted by molar-refractivity contribution is 5.24. The van der Waals surface area contributed by atoms with Gasteiger partial charge in [-0.05, 0) is 11.0 Å². The highest BCUT2D eigenvalue weighted by Crippen LogP contribution is 2.50. The van der Waals surface area contributed by atoms with E-state index in [4.69, 9.17) is 15.2 Å². The average Bonchev–Trinajstić information content (AvgIpc) is 2.83. The van der Waals surface area contributed by atoms with Crippen LogP contribution in [0, 0.1) is 5.41 Å². The van der Waals surface area contributed by atoms with Crippen molar-refractivity contribution in [2.45, 2.75) is 44.4 Å². The molecule has 2 N–H and O–H groups in total. The molecule has 3 nitrogen and oxygen atoms in total. The summed E-state index contributed by atoms with van der Waals surface area (Å²) in [6.45, 7) is 5.85. The zero-order valence-electron chi connectivity index (χ0n) is 11.8. The summed E-state index contributed by atoms with van der Waals surface area (Å²) in [4.78, 5) is 0. The number of ether oxygens (including phenoxy) is 2. The van der Waals surface area contributed by atoms with E-state index in [1.165, 1.54) is 5.56 Å². The van der Waals surface area contributed by atoms with Crippen LogP contribution in [0.4, 0.5) is 0 Å².